The summed E-state index contributed by atoms with van der Waals surface area (Å²) in [6.07, 6.45) is 13.0. The van der Waals surface area contributed by atoms with Crippen LogP contribution in [0.1, 0.15) is 113 Å². The molecule has 4 saturated carbocycles. The van der Waals surface area contributed by atoms with Crippen LogP contribution >= 0.6 is 0 Å². The Hall–Kier alpha value is -1.12. The summed E-state index contributed by atoms with van der Waals surface area (Å²) in [6.45, 7) is 16.9. The quantitative estimate of drug-likeness (QED) is 0.295. The van der Waals surface area contributed by atoms with Crippen molar-refractivity contribution >= 4 is 11.8 Å². The zero-order chi connectivity index (χ0) is 24.9. The molecule has 0 bridgehead atoms. The zero-order valence-corrected chi connectivity index (χ0v) is 23.1. The van der Waals surface area contributed by atoms with Gasteiger partial charge in [0.1, 0.15) is 5.78 Å². The van der Waals surface area contributed by atoms with Crippen molar-refractivity contribution < 1.29 is 14.3 Å². The van der Waals surface area contributed by atoms with Gasteiger partial charge in [-0.1, -0.05) is 60.1 Å². The lowest BCUT2D eigenvalue weighted by atomic mass is 9.33. The van der Waals surface area contributed by atoms with Crippen LogP contribution in [0.15, 0.2) is 11.6 Å². The van der Waals surface area contributed by atoms with Crippen molar-refractivity contribution in [2.24, 2.45) is 50.2 Å². The third kappa shape index (κ3) is 2.88. The number of ketones is 1. The molecule has 0 radical (unpaired) electrons. The molecule has 0 amide bonds. The van der Waals surface area contributed by atoms with Crippen LogP contribution in [-0.4, -0.2) is 18.9 Å². The molecule has 5 rings (SSSR count). The molecule has 0 saturated heterocycles. The Morgan fingerprint density at radius 3 is 2.26 bits per heavy atom. The average molecular weight is 469 g/mol. The predicted molar refractivity (Wildman–Crippen MR) is 136 cm³/mol. The first-order valence-corrected chi connectivity index (χ1v) is 14.0. The van der Waals surface area contributed by atoms with E-state index in [0.717, 1.165) is 57.8 Å². The van der Waals surface area contributed by atoms with Gasteiger partial charge in [0.05, 0.1) is 12.5 Å². The van der Waals surface area contributed by atoms with Crippen LogP contribution in [0.2, 0.25) is 0 Å². The minimum Gasteiger partial charge on any atom is -0.469 e. The highest BCUT2D eigenvalue weighted by molar-refractivity contribution is 5.85. The SMILES string of the molecule is COC(=O)[C@]12CCC(C)(C)C[C@H]1C1=CC[C@@H]3[C@@]4(C)CCC(=O)C(C)(C)[C@H]4CC[C@@]3(C)[C@]1(C)CC2. The summed E-state index contributed by atoms with van der Waals surface area (Å²) in [7, 11) is 1.59. The summed E-state index contributed by atoms with van der Waals surface area (Å²) >= 11 is 0. The lowest BCUT2D eigenvalue weighted by Gasteiger charge is -2.70. The molecule has 0 unspecified atom stereocenters. The number of ether oxygens (including phenoxy) is 1. The number of allylic oxidation sites excluding steroid dienone is 2. The van der Waals surface area contributed by atoms with E-state index in [1.807, 2.05) is 0 Å². The molecular formula is C31H48O3. The van der Waals surface area contributed by atoms with E-state index < -0.39 is 0 Å². The van der Waals surface area contributed by atoms with Crippen molar-refractivity contribution in [2.75, 3.05) is 7.11 Å². The van der Waals surface area contributed by atoms with E-state index in [-0.39, 0.29) is 38.5 Å². The molecule has 0 aliphatic heterocycles. The van der Waals surface area contributed by atoms with Gasteiger partial charge >= 0.3 is 5.97 Å². The van der Waals surface area contributed by atoms with Crippen LogP contribution in [-0.2, 0) is 14.3 Å². The van der Waals surface area contributed by atoms with E-state index in [9.17, 15) is 9.59 Å². The number of hydrogen-bond donors (Lipinski definition) is 0. The highest BCUT2D eigenvalue weighted by Crippen LogP contribution is 2.75. The maximum absolute atomic E-state index is 13.3. The van der Waals surface area contributed by atoms with Gasteiger partial charge in [0.2, 0.25) is 0 Å². The third-order valence-corrected chi connectivity index (χ3v) is 13.0. The second kappa shape index (κ2) is 7.22. The predicted octanol–water partition coefficient (Wildman–Crippen LogP) is 7.53. The van der Waals surface area contributed by atoms with Crippen molar-refractivity contribution in [2.45, 2.75) is 113 Å². The number of carbonyl (C=O) groups is 2. The molecule has 4 fully saturated rings. The van der Waals surface area contributed by atoms with Crippen molar-refractivity contribution in [3.8, 4) is 0 Å². The summed E-state index contributed by atoms with van der Waals surface area (Å²) in [4.78, 5) is 26.3. The topological polar surface area (TPSA) is 43.4 Å². The number of esters is 1. The first-order chi connectivity index (χ1) is 15.7. The molecule has 0 aromatic rings. The van der Waals surface area contributed by atoms with Crippen molar-refractivity contribution in [1.82, 2.24) is 0 Å². The minimum atomic E-state index is -0.334. The van der Waals surface area contributed by atoms with E-state index in [0.29, 0.717) is 23.5 Å². The highest BCUT2D eigenvalue weighted by atomic mass is 16.5. The molecule has 5 aliphatic carbocycles. The maximum Gasteiger partial charge on any atom is 0.312 e. The average Bonchev–Trinajstić information content (AvgIpc) is 2.76. The van der Waals surface area contributed by atoms with E-state index in [2.05, 4.69) is 54.5 Å². The fourth-order valence-corrected chi connectivity index (χ4v) is 10.6. The van der Waals surface area contributed by atoms with Gasteiger partial charge in [-0.25, -0.2) is 0 Å². The second-order valence-electron chi connectivity index (χ2n) is 15.0. The molecule has 0 aromatic heterocycles. The van der Waals surface area contributed by atoms with E-state index in [1.165, 1.54) is 6.42 Å². The Bertz CT molecular complexity index is 942. The largest absolute Gasteiger partial charge is 0.469 e. The van der Waals surface area contributed by atoms with Crippen LogP contribution in [0.5, 0.6) is 0 Å². The van der Waals surface area contributed by atoms with Crippen molar-refractivity contribution in [3.05, 3.63) is 11.6 Å². The van der Waals surface area contributed by atoms with Crippen LogP contribution in [0, 0.1) is 50.2 Å². The van der Waals surface area contributed by atoms with Crippen molar-refractivity contribution in [1.29, 1.82) is 0 Å². The number of Topliss-reactive ketones (excluding diaryl/α,β-unsaturated/α-hetero) is 1. The van der Waals surface area contributed by atoms with Gasteiger partial charge in [-0.2, -0.15) is 0 Å². The molecular weight excluding hydrogens is 420 g/mol. The molecule has 3 heteroatoms. The molecule has 7 atom stereocenters. The Labute approximate surface area is 207 Å². The number of fused-ring (bicyclic) bond motifs is 7. The molecule has 0 N–H and O–H groups in total. The second-order valence-corrected chi connectivity index (χ2v) is 15.0. The fourth-order valence-electron chi connectivity index (χ4n) is 10.6. The van der Waals surface area contributed by atoms with Crippen LogP contribution < -0.4 is 0 Å². The van der Waals surface area contributed by atoms with E-state index in [4.69, 9.17) is 4.74 Å². The lowest BCUT2D eigenvalue weighted by Crippen LogP contribution is -2.64. The van der Waals surface area contributed by atoms with E-state index >= 15 is 0 Å². The lowest BCUT2D eigenvalue weighted by molar-refractivity contribution is -0.190. The van der Waals surface area contributed by atoms with Crippen molar-refractivity contribution in [3.63, 3.8) is 0 Å². The zero-order valence-electron chi connectivity index (χ0n) is 23.1. The molecule has 190 valence electrons. The van der Waals surface area contributed by atoms with Gasteiger partial charge in [0.15, 0.2) is 0 Å². The summed E-state index contributed by atoms with van der Waals surface area (Å²) in [5.41, 5.74) is 1.84. The van der Waals surface area contributed by atoms with Crippen LogP contribution in [0.3, 0.4) is 0 Å². The Morgan fingerprint density at radius 1 is 0.912 bits per heavy atom. The monoisotopic (exact) mass is 468 g/mol. The smallest absolute Gasteiger partial charge is 0.312 e. The summed E-state index contributed by atoms with van der Waals surface area (Å²) in [5, 5.41) is 0. The summed E-state index contributed by atoms with van der Waals surface area (Å²) < 4.78 is 5.48. The minimum absolute atomic E-state index is 0.0337. The molecule has 34 heavy (non-hydrogen) atoms. The number of rotatable bonds is 1. The Kier molecular flexibility index (Phi) is 5.22. The Balaban J connectivity index is 1.60. The van der Waals surface area contributed by atoms with Crippen LogP contribution in [0.4, 0.5) is 0 Å². The summed E-state index contributed by atoms with van der Waals surface area (Å²) in [6, 6.07) is 0. The van der Waals surface area contributed by atoms with Gasteiger partial charge in [-0.15, -0.1) is 0 Å². The van der Waals surface area contributed by atoms with Gasteiger partial charge in [-0.3, -0.25) is 9.59 Å². The standard InChI is InChI=1S/C31H48O3/c1-26(2)15-17-31(25(33)34-8)18-16-29(6)20(21(31)19-26)9-10-23-28(5)13-12-24(32)27(3,4)22(28)11-14-30(23,29)7/h9,21-23H,10-19H2,1-8H3/t21-,22+,23+,28-,29+,30+,31-/m0/s1. The van der Waals surface area contributed by atoms with Gasteiger partial charge in [-0.05, 0) is 97.2 Å². The van der Waals surface area contributed by atoms with Gasteiger partial charge < -0.3 is 4.74 Å². The normalized spacial score (nSPS) is 49.0. The fraction of sp³-hybridized carbons (Fsp3) is 0.871. The molecule has 0 heterocycles. The Morgan fingerprint density at radius 2 is 1.59 bits per heavy atom. The molecule has 0 aromatic carbocycles. The van der Waals surface area contributed by atoms with Gasteiger partial charge in [0, 0.05) is 11.8 Å². The maximum atomic E-state index is 13.3. The highest BCUT2D eigenvalue weighted by Gasteiger charge is 2.69. The molecule has 5 aliphatic rings. The molecule has 3 nitrogen and oxygen atoms in total. The first kappa shape index (κ1) is 24.6. The summed E-state index contributed by atoms with van der Waals surface area (Å²) in [5.74, 6) is 1.88. The first-order valence-electron chi connectivity index (χ1n) is 14.0. The number of carbonyl (C=O) groups excluding carboxylic acids is 2. The third-order valence-electron chi connectivity index (χ3n) is 13.0. The number of hydrogen-bond acceptors (Lipinski definition) is 3. The van der Waals surface area contributed by atoms with Crippen LogP contribution in [0.25, 0.3) is 0 Å². The number of methoxy groups -OCH3 is 1. The van der Waals surface area contributed by atoms with E-state index in [1.54, 1.807) is 12.7 Å². The molecule has 0 spiro atoms. The van der Waals surface area contributed by atoms with Gasteiger partial charge in [0.25, 0.3) is 0 Å².